The number of benzene rings is 1. The first-order valence-corrected chi connectivity index (χ1v) is 9.69. The number of ether oxygens (including phenoxy) is 2. The summed E-state index contributed by atoms with van der Waals surface area (Å²) in [5.74, 6) is 1.58. The molecule has 3 atom stereocenters. The summed E-state index contributed by atoms with van der Waals surface area (Å²) < 4.78 is 11.2. The fourth-order valence-corrected chi connectivity index (χ4v) is 3.48. The summed E-state index contributed by atoms with van der Waals surface area (Å²) in [5, 5.41) is 16.6. The molecule has 3 N–H and O–H groups in total. The van der Waals surface area contributed by atoms with Gasteiger partial charge in [0.15, 0.2) is 0 Å². The van der Waals surface area contributed by atoms with Crippen LogP contribution in [0.3, 0.4) is 0 Å². The summed E-state index contributed by atoms with van der Waals surface area (Å²) in [7, 11) is 1.65. The first-order valence-electron chi connectivity index (χ1n) is 9.69. The number of amides is 1. The molecule has 1 aromatic carbocycles. The van der Waals surface area contributed by atoms with Gasteiger partial charge in [0.05, 0.1) is 7.11 Å². The van der Waals surface area contributed by atoms with Gasteiger partial charge < -0.3 is 25.2 Å². The Labute approximate surface area is 162 Å². The number of rotatable bonds is 8. The fourth-order valence-electron chi connectivity index (χ4n) is 3.48. The second-order valence-electron chi connectivity index (χ2n) is 8.39. The molecule has 1 aliphatic carbocycles. The molecule has 27 heavy (non-hydrogen) atoms. The van der Waals surface area contributed by atoms with Crippen LogP contribution in [0.5, 0.6) is 11.5 Å². The molecule has 152 valence electrons. The van der Waals surface area contributed by atoms with E-state index in [1.807, 2.05) is 18.2 Å². The van der Waals surface area contributed by atoms with Gasteiger partial charge in [-0.05, 0) is 42.9 Å². The minimum atomic E-state index is -0.597. The first kappa shape index (κ1) is 21.5. The van der Waals surface area contributed by atoms with Crippen LogP contribution < -0.4 is 20.1 Å². The summed E-state index contributed by atoms with van der Waals surface area (Å²) in [4.78, 5) is 11.1. The van der Waals surface area contributed by atoms with Crippen molar-refractivity contribution in [1.82, 2.24) is 10.6 Å². The zero-order valence-electron chi connectivity index (χ0n) is 17.2. The molecule has 0 spiro atoms. The van der Waals surface area contributed by atoms with Gasteiger partial charge in [-0.2, -0.15) is 0 Å². The van der Waals surface area contributed by atoms with Gasteiger partial charge >= 0.3 is 0 Å². The average molecular weight is 379 g/mol. The number of nitrogens with one attached hydrogen (secondary N) is 2. The second kappa shape index (κ2) is 9.42. The van der Waals surface area contributed by atoms with Crippen molar-refractivity contribution >= 4 is 5.91 Å². The van der Waals surface area contributed by atoms with E-state index in [0.29, 0.717) is 12.6 Å². The van der Waals surface area contributed by atoms with Crippen molar-refractivity contribution in [3.05, 3.63) is 23.8 Å². The van der Waals surface area contributed by atoms with Crippen LogP contribution in [0.15, 0.2) is 18.2 Å². The predicted molar refractivity (Wildman–Crippen MR) is 106 cm³/mol. The lowest BCUT2D eigenvalue weighted by atomic mass is 9.86. The molecule has 0 saturated heterocycles. The Morgan fingerprint density at radius 1 is 1.30 bits per heavy atom. The van der Waals surface area contributed by atoms with Crippen LogP contribution >= 0.6 is 0 Å². The van der Waals surface area contributed by atoms with Crippen LogP contribution in [0.25, 0.3) is 0 Å². The Morgan fingerprint density at radius 3 is 2.63 bits per heavy atom. The Bertz CT molecular complexity index is 627. The average Bonchev–Trinajstić information content (AvgIpc) is 3.03. The van der Waals surface area contributed by atoms with E-state index in [2.05, 4.69) is 31.4 Å². The normalized spacial score (nSPS) is 21.0. The van der Waals surface area contributed by atoms with Crippen molar-refractivity contribution in [1.29, 1.82) is 0 Å². The molecule has 2 rings (SSSR count). The Balaban J connectivity index is 1.82. The standard InChI is InChI=1S/C21H34N2O4/c1-14(24)23-16-7-6-15(10-16)22-12-17(25)13-27-20-9-8-18(26-5)11-19(20)21(2,3)4/h8-9,11,15-17,22,25H,6-7,10,12-13H2,1-5H3,(H,23,24). The van der Waals surface area contributed by atoms with Crippen molar-refractivity contribution in [2.24, 2.45) is 0 Å². The third-order valence-corrected chi connectivity index (χ3v) is 4.91. The number of hydrogen-bond acceptors (Lipinski definition) is 5. The molecule has 1 amide bonds. The van der Waals surface area contributed by atoms with E-state index >= 15 is 0 Å². The van der Waals surface area contributed by atoms with Gasteiger partial charge in [0.25, 0.3) is 0 Å². The summed E-state index contributed by atoms with van der Waals surface area (Å²) in [5.41, 5.74) is 0.964. The van der Waals surface area contributed by atoms with Crippen molar-refractivity contribution in [2.45, 2.75) is 70.6 Å². The maximum Gasteiger partial charge on any atom is 0.217 e. The lowest BCUT2D eigenvalue weighted by Gasteiger charge is -2.24. The van der Waals surface area contributed by atoms with Gasteiger partial charge in [0.2, 0.25) is 5.91 Å². The Hall–Kier alpha value is -1.79. The quantitative estimate of drug-likeness (QED) is 0.647. The fraction of sp³-hybridized carbons (Fsp3) is 0.667. The van der Waals surface area contributed by atoms with Gasteiger partial charge in [-0.15, -0.1) is 0 Å². The molecule has 1 aromatic rings. The molecule has 1 fully saturated rings. The van der Waals surface area contributed by atoms with Crippen molar-refractivity contribution in [2.75, 3.05) is 20.3 Å². The van der Waals surface area contributed by atoms with E-state index in [1.54, 1.807) is 14.0 Å². The maximum atomic E-state index is 11.1. The van der Waals surface area contributed by atoms with Crippen LogP contribution in [0, 0.1) is 0 Å². The van der Waals surface area contributed by atoms with E-state index < -0.39 is 6.10 Å². The molecule has 1 aliphatic rings. The SMILES string of the molecule is COc1ccc(OCC(O)CNC2CCC(NC(C)=O)C2)c(C(C)(C)C)c1. The van der Waals surface area contributed by atoms with Crippen LogP contribution in [-0.2, 0) is 10.2 Å². The summed E-state index contributed by atoms with van der Waals surface area (Å²) in [6, 6.07) is 6.31. The number of methoxy groups -OCH3 is 1. The van der Waals surface area contributed by atoms with E-state index in [4.69, 9.17) is 9.47 Å². The summed E-state index contributed by atoms with van der Waals surface area (Å²) in [6.07, 6.45) is 2.29. The Morgan fingerprint density at radius 2 is 2.00 bits per heavy atom. The molecular weight excluding hydrogens is 344 g/mol. The summed E-state index contributed by atoms with van der Waals surface area (Å²) >= 11 is 0. The number of aliphatic hydroxyl groups excluding tert-OH is 1. The predicted octanol–water partition coefficient (Wildman–Crippen LogP) is 2.38. The molecule has 0 heterocycles. The van der Waals surface area contributed by atoms with Crippen LogP contribution in [0.2, 0.25) is 0 Å². The highest BCUT2D eigenvalue weighted by Gasteiger charge is 2.25. The highest BCUT2D eigenvalue weighted by atomic mass is 16.5. The van der Waals surface area contributed by atoms with E-state index in [0.717, 1.165) is 36.3 Å². The maximum absolute atomic E-state index is 11.1. The largest absolute Gasteiger partial charge is 0.497 e. The minimum Gasteiger partial charge on any atom is -0.497 e. The summed E-state index contributed by atoms with van der Waals surface area (Å²) in [6.45, 7) is 8.62. The first-order chi connectivity index (χ1) is 12.7. The van der Waals surface area contributed by atoms with Gasteiger partial charge in [-0.1, -0.05) is 20.8 Å². The van der Waals surface area contributed by atoms with Crippen LogP contribution in [0.1, 0.15) is 52.5 Å². The smallest absolute Gasteiger partial charge is 0.217 e. The number of carbonyl (C=O) groups is 1. The molecule has 6 heteroatoms. The number of hydrogen-bond donors (Lipinski definition) is 3. The molecule has 0 aromatic heterocycles. The lowest BCUT2D eigenvalue weighted by molar-refractivity contribution is -0.119. The van der Waals surface area contributed by atoms with E-state index in [9.17, 15) is 9.90 Å². The Kier molecular flexibility index (Phi) is 7.50. The number of aliphatic hydroxyl groups is 1. The van der Waals surface area contributed by atoms with Crippen molar-refractivity contribution in [3.8, 4) is 11.5 Å². The number of carbonyl (C=O) groups excluding carboxylic acids is 1. The molecule has 3 unspecified atom stereocenters. The van der Waals surface area contributed by atoms with Gasteiger partial charge in [0, 0.05) is 31.1 Å². The van der Waals surface area contributed by atoms with Crippen LogP contribution in [-0.4, -0.2) is 49.5 Å². The monoisotopic (exact) mass is 378 g/mol. The van der Waals surface area contributed by atoms with Gasteiger partial charge in [-0.3, -0.25) is 4.79 Å². The highest BCUT2D eigenvalue weighted by Crippen LogP contribution is 2.34. The lowest BCUT2D eigenvalue weighted by Crippen LogP contribution is -2.38. The molecule has 0 bridgehead atoms. The molecule has 1 saturated carbocycles. The second-order valence-corrected chi connectivity index (χ2v) is 8.39. The van der Waals surface area contributed by atoms with Gasteiger partial charge in [0.1, 0.15) is 24.2 Å². The molecule has 6 nitrogen and oxygen atoms in total. The minimum absolute atomic E-state index is 0.0169. The van der Waals surface area contributed by atoms with Gasteiger partial charge in [-0.25, -0.2) is 0 Å². The van der Waals surface area contributed by atoms with Crippen LogP contribution in [0.4, 0.5) is 0 Å². The highest BCUT2D eigenvalue weighted by molar-refractivity contribution is 5.73. The topological polar surface area (TPSA) is 79.8 Å². The van der Waals surface area contributed by atoms with E-state index in [1.165, 1.54) is 0 Å². The third kappa shape index (κ3) is 6.70. The van der Waals surface area contributed by atoms with E-state index in [-0.39, 0.29) is 24.0 Å². The molecular formula is C21H34N2O4. The zero-order valence-corrected chi connectivity index (χ0v) is 17.2. The van der Waals surface area contributed by atoms with Crippen molar-refractivity contribution in [3.63, 3.8) is 0 Å². The molecule has 0 aliphatic heterocycles. The van der Waals surface area contributed by atoms with Crippen molar-refractivity contribution < 1.29 is 19.4 Å². The zero-order chi connectivity index (χ0) is 20.0. The molecule has 0 radical (unpaired) electrons. The third-order valence-electron chi connectivity index (χ3n) is 4.91.